The topological polar surface area (TPSA) is 66.6 Å². The van der Waals surface area contributed by atoms with Crippen molar-refractivity contribution in [2.75, 3.05) is 13.1 Å². The third-order valence-corrected chi connectivity index (χ3v) is 3.98. The van der Waals surface area contributed by atoms with Crippen LogP contribution in [0.5, 0.6) is 0 Å². The predicted octanol–water partition coefficient (Wildman–Crippen LogP) is 1.69. The summed E-state index contributed by atoms with van der Waals surface area (Å²) < 4.78 is 0. The molecule has 0 bridgehead atoms. The Bertz CT molecular complexity index is 277. The Labute approximate surface area is 104 Å². The number of hydrogen-bond donors (Lipinski definition) is 2. The Kier molecular flexibility index (Phi) is 4.20. The summed E-state index contributed by atoms with van der Waals surface area (Å²) in [7, 11) is 0. The van der Waals surface area contributed by atoms with Crippen molar-refractivity contribution in [1.29, 1.82) is 0 Å². The second kappa shape index (κ2) is 4.94. The first kappa shape index (κ1) is 14.5. The summed E-state index contributed by atoms with van der Waals surface area (Å²) in [4.78, 5) is 13.4. The van der Waals surface area contributed by atoms with E-state index in [-0.39, 0.29) is 6.04 Å². The van der Waals surface area contributed by atoms with E-state index in [0.717, 1.165) is 13.1 Å². The van der Waals surface area contributed by atoms with Crippen LogP contribution in [0.15, 0.2) is 0 Å². The Morgan fingerprint density at radius 1 is 1.47 bits per heavy atom. The lowest BCUT2D eigenvalue weighted by molar-refractivity contribution is -0.143. The highest BCUT2D eigenvalue weighted by atomic mass is 16.4. The van der Waals surface area contributed by atoms with Crippen LogP contribution in [-0.4, -0.2) is 40.6 Å². The van der Waals surface area contributed by atoms with Gasteiger partial charge in [0.25, 0.3) is 0 Å². The standard InChI is InChI=1S/C13H26N2O2/c1-10(9-13(4,14)11(16)17)15-7-5-12(2,3)6-8-15/h10H,5-9,14H2,1-4H3,(H,16,17). The molecule has 1 heterocycles. The van der Waals surface area contributed by atoms with Crippen molar-refractivity contribution in [1.82, 2.24) is 4.90 Å². The number of carboxylic acids is 1. The van der Waals surface area contributed by atoms with Crippen LogP contribution in [0.1, 0.15) is 47.0 Å². The summed E-state index contributed by atoms with van der Waals surface area (Å²) in [5.74, 6) is -0.915. The fraction of sp³-hybridized carbons (Fsp3) is 0.923. The summed E-state index contributed by atoms with van der Waals surface area (Å²) >= 11 is 0. The molecule has 1 aliphatic heterocycles. The molecule has 1 saturated heterocycles. The molecular weight excluding hydrogens is 216 g/mol. The van der Waals surface area contributed by atoms with E-state index in [9.17, 15) is 4.79 Å². The van der Waals surface area contributed by atoms with Gasteiger partial charge in [0.2, 0.25) is 0 Å². The van der Waals surface area contributed by atoms with Crippen molar-refractivity contribution in [2.45, 2.75) is 58.5 Å². The number of carboxylic acid groups (broad SMARTS) is 1. The monoisotopic (exact) mass is 242 g/mol. The minimum absolute atomic E-state index is 0.234. The van der Waals surface area contributed by atoms with Crippen LogP contribution in [0, 0.1) is 5.41 Å². The molecule has 0 radical (unpaired) electrons. The van der Waals surface area contributed by atoms with Gasteiger partial charge in [-0.1, -0.05) is 13.8 Å². The summed E-state index contributed by atoms with van der Waals surface area (Å²) in [5, 5.41) is 9.03. The normalized spacial score (nSPS) is 26.2. The van der Waals surface area contributed by atoms with E-state index in [2.05, 4.69) is 25.7 Å². The molecule has 0 saturated carbocycles. The molecule has 0 aromatic carbocycles. The van der Waals surface area contributed by atoms with Gasteiger partial charge in [0, 0.05) is 6.04 Å². The van der Waals surface area contributed by atoms with Crippen LogP contribution in [0.3, 0.4) is 0 Å². The molecule has 2 atom stereocenters. The third kappa shape index (κ3) is 3.96. The number of nitrogens with two attached hydrogens (primary N) is 1. The fourth-order valence-corrected chi connectivity index (χ4v) is 2.40. The van der Waals surface area contributed by atoms with Gasteiger partial charge >= 0.3 is 5.97 Å². The van der Waals surface area contributed by atoms with Gasteiger partial charge in [0.15, 0.2) is 0 Å². The smallest absolute Gasteiger partial charge is 0.323 e. The maximum Gasteiger partial charge on any atom is 0.323 e. The zero-order valence-electron chi connectivity index (χ0n) is 11.5. The number of rotatable bonds is 4. The van der Waals surface area contributed by atoms with Crippen LogP contribution in [0.4, 0.5) is 0 Å². The first-order valence-corrected chi connectivity index (χ1v) is 6.40. The molecule has 17 heavy (non-hydrogen) atoms. The first-order valence-electron chi connectivity index (χ1n) is 6.40. The fourth-order valence-electron chi connectivity index (χ4n) is 2.40. The van der Waals surface area contributed by atoms with Crippen molar-refractivity contribution in [2.24, 2.45) is 11.1 Å². The molecule has 0 spiro atoms. The van der Waals surface area contributed by atoms with Gasteiger partial charge in [0.1, 0.15) is 5.54 Å². The molecule has 1 aliphatic rings. The molecule has 4 heteroatoms. The minimum Gasteiger partial charge on any atom is -0.480 e. The lowest BCUT2D eigenvalue weighted by Gasteiger charge is -2.41. The van der Waals surface area contributed by atoms with Crippen molar-refractivity contribution in [3.05, 3.63) is 0 Å². The van der Waals surface area contributed by atoms with Crippen molar-refractivity contribution >= 4 is 5.97 Å². The average molecular weight is 242 g/mol. The second-order valence-corrected chi connectivity index (χ2v) is 6.48. The molecule has 0 amide bonds. The van der Waals surface area contributed by atoms with Crippen molar-refractivity contribution < 1.29 is 9.90 Å². The average Bonchev–Trinajstić information content (AvgIpc) is 2.16. The maximum absolute atomic E-state index is 11.0. The summed E-state index contributed by atoms with van der Waals surface area (Å²) in [6.45, 7) is 10.3. The van der Waals surface area contributed by atoms with Crippen LogP contribution >= 0.6 is 0 Å². The summed E-state index contributed by atoms with van der Waals surface area (Å²) in [6, 6.07) is 0.234. The van der Waals surface area contributed by atoms with Gasteiger partial charge in [-0.3, -0.25) is 4.79 Å². The van der Waals surface area contributed by atoms with Crippen LogP contribution in [0.2, 0.25) is 0 Å². The number of piperidine rings is 1. The molecule has 0 aliphatic carbocycles. The number of hydrogen-bond acceptors (Lipinski definition) is 3. The van der Waals surface area contributed by atoms with E-state index in [4.69, 9.17) is 10.8 Å². The van der Waals surface area contributed by atoms with Crippen LogP contribution < -0.4 is 5.73 Å². The zero-order chi connectivity index (χ0) is 13.3. The van der Waals surface area contributed by atoms with Gasteiger partial charge in [0.05, 0.1) is 0 Å². The number of nitrogens with zero attached hydrogens (tertiary/aromatic N) is 1. The quantitative estimate of drug-likeness (QED) is 0.787. The second-order valence-electron chi connectivity index (χ2n) is 6.48. The number of likely N-dealkylation sites (tertiary alicyclic amines) is 1. The molecule has 4 nitrogen and oxygen atoms in total. The minimum atomic E-state index is -1.12. The molecular formula is C13H26N2O2. The van der Waals surface area contributed by atoms with E-state index in [1.807, 2.05) is 0 Å². The van der Waals surface area contributed by atoms with Crippen LogP contribution in [0.25, 0.3) is 0 Å². The lowest BCUT2D eigenvalue weighted by atomic mass is 9.81. The number of aliphatic carboxylic acids is 1. The van der Waals surface area contributed by atoms with E-state index < -0.39 is 11.5 Å². The SMILES string of the molecule is CC(CC(C)(N)C(=O)O)N1CCC(C)(C)CC1. The van der Waals surface area contributed by atoms with Gasteiger partial charge in [-0.2, -0.15) is 0 Å². The molecule has 2 unspecified atom stereocenters. The number of carbonyl (C=O) groups is 1. The maximum atomic E-state index is 11.0. The lowest BCUT2D eigenvalue weighted by Crippen LogP contribution is -2.51. The van der Waals surface area contributed by atoms with Crippen LogP contribution in [-0.2, 0) is 4.79 Å². The zero-order valence-corrected chi connectivity index (χ0v) is 11.5. The van der Waals surface area contributed by atoms with Gasteiger partial charge in [-0.25, -0.2) is 0 Å². The van der Waals surface area contributed by atoms with Crippen molar-refractivity contribution in [3.8, 4) is 0 Å². The molecule has 3 N–H and O–H groups in total. The predicted molar refractivity (Wildman–Crippen MR) is 68.9 cm³/mol. The Balaban J connectivity index is 2.50. The summed E-state index contributed by atoms with van der Waals surface area (Å²) in [5.41, 5.74) is 5.10. The van der Waals surface area contributed by atoms with Gasteiger partial charge in [-0.15, -0.1) is 0 Å². The van der Waals surface area contributed by atoms with Gasteiger partial charge < -0.3 is 15.7 Å². The first-order chi connectivity index (χ1) is 7.64. The molecule has 0 aromatic rings. The third-order valence-electron chi connectivity index (χ3n) is 3.98. The van der Waals surface area contributed by atoms with Gasteiger partial charge in [-0.05, 0) is 51.6 Å². The highest BCUT2D eigenvalue weighted by Gasteiger charge is 2.34. The van der Waals surface area contributed by atoms with E-state index in [0.29, 0.717) is 11.8 Å². The van der Waals surface area contributed by atoms with E-state index in [1.165, 1.54) is 12.8 Å². The van der Waals surface area contributed by atoms with E-state index >= 15 is 0 Å². The molecule has 100 valence electrons. The molecule has 0 aromatic heterocycles. The Morgan fingerprint density at radius 3 is 2.35 bits per heavy atom. The Hall–Kier alpha value is -0.610. The molecule has 1 rings (SSSR count). The summed E-state index contributed by atoms with van der Waals surface area (Å²) in [6.07, 6.45) is 2.85. The largest absolute Gasteiger partial charge is 0.480 e. The molecule has 1 fully saturated rings. The van der Waals surface area contributed by atoms with Crippen molar-refractivity contribution in [3.63, 3.8) is 0 Å². The highest BCUT2D eigenvalue weighted by molar-refractivity contribution is 5.77. The highest BCUT2D eigenvalue weighted by Crippen LogP contribution is 2.31. The Morgan fingerprint density at radius 2 is 1.94 bits per heavy atom. The van der Waals surface area contributed by atoms with E-state index in [1.54, 1.807) is 6.92 Å².